The van der Waals surface area contributed by atoms with Gasteiger partial charge in [0.1, 0.15) is 12.4 Å². The molecule has 106 valence electrons. The molecule has 3 rings (SSSR count). The summed E-state index contributed by atoms with van der Waals surface area (Å²) in [6.45, 7) is 1.08. The molecular weight excluding hydrogens is 282 g/mol. The van der Waals surface area contributed by atoms with E-state index in [1.807, 2.05) is 60.7 Å². The van der Waals surface area contributed by atoms with E-state index in [1.165, 1.54) is 0 Å². The van der Waals surface area contributed by atoms with Crippen molar-refractivity contribution in [1.82, 2.24) is 0 Å². The molecule has 0 aromatic heterocycles. The Morgan fingerprint density at radius 2 is 1.48 bits per heavy atom. The van der Waals surface area contributed by atoms with Crippen LogP contribution in [0.4, 0.5) is 0 Å². The SMILES string of the molecule is NCc1ccc(COc2ccc(Cl)c3ccccc23)cc1. The average molecular weight is 298 g/mol. The Morgan fingerprint density at radius 1 is 0.810 bits per heavy atom. The molecule has 2 nitrogen and oxygen atoms in total. The van der Waals surface area contributed by atoms with E-state index in [2.05, 4.69) is 0 Å². The Kier molecular flexibility index (Phi) is 4.09. The van der Waals surface area contributed by atoms with Crippen LogP contribution in [-0.4, -0.2) is 0 Å². The van der Waals surface area contributed by atoms with Crippen molar-refractivity contribution in [3.8, 4) is 5.75 Å². The molecule has 3 aromatic rings. The van der Waals surface area contributed by atoms with Crippen LogP contribution in [0.25, 0.3) is 10.8 Å². The van der Waals surface area contributed by atoms with Gasteiger partial charge in [-0.1, -0.05) is 60.1 Å². The first-order chi connectivity index (χ1) is 10.3. The van der Waals surface area contributed by atoms with Gasteiger partial charge in [0.15, 0.2) is 0 Å². The molecular formula is C18H16ClNO. The molecule has 3 aromatic carbocycles. The van der Waals surface area contributed by atoms with E-state index >= 15 is 0 Å². The lowest BCUT2D eigenvalue weighted by molar-refractivity contribution is 0.310. The Hall–Kier alpha value is -2.03. The van der Waals surface area contributed by atoms with Gasteiger partial charge < -0.3 is 10.5 Å². The van der Waals surface area contributed by atoms with Crippen LogP contribution in [0.5, 0.6) is 5.75 Å². The van der Waals surface area contributed by atoms with Crippen molar-refractivity contribution in [1.29, 1.82) is 0 Å². The summed E-state index contributed by atoms with van der Waals surface area (Å²) in [5, 5.41) is 2.78. The summed E-state index contributed by atoms with van der Waals surface area (Å²) in [6.07, 6.45) is 0. The third kappa shape index (κ3) is 3.02. The number of rotatable bonds is 4. The van der Waals surface area contributed by atoms with Gasteiger partial charge in [-0.15, -0.1) is 0 Å². The Labute approximate surface area is 129 Å². The number of halogens is 1. The maximum absolute atomic E-state index is 6.21. The van der Waals surface area contributed by atoms with Crippen LogP contribution >= 0.6 is 11.6 Å². The summed E-state index contributed by atoms with van der Waals surface area (Å²) in [5.41, 5.74) is 7.84. The zero-order chi connectivity index (χ0) is 14.7. The lowest BCUT2D eigenvalue weighted by atomic mass is 10.1. The van der Waals surface area contributed by atoms with Gasteiger partial charge in [-0.3, -0.25) is 0 Å². The molecule has 0 spiro atoms. The molecule has 0 aliphatic heterocycles. The Bertz CT molecular complexity index is 753. The maximum atomic E-state index is 6.21. The molecule has 0 aliphatic rings. The number of hydrogen-bond donors (Lipinski definition) is 1. The molecule has 3 heteroatoms. The number of hydrogen-bond acceptors (Lipinski definition) is 2. The summed E-state index contributed by atoms with van der Waals surface area (Å²) < 4.78 is 5.94. The molecule has 0 saturated heterocycles. The number of benzene rings is 3. The zero-order valence-electron chi connectivity index (χ0n) is 11.6. The predicted octanol–water partition coefficient (Wildman–Crippen LogP) is 4.53. The highest BCUT2D eigenvalue weighted by Gasteiger charge is 2.05. The normalized spacial score (nSPS) is 10.8. The second-order valence-corrected chi connectivity index (χ2v) is 5.31. The smallest absolute Gasteiger partial charge is 0.127 e. The van der Waals surface area contributed by atoms with Crippen LogP contribution < -0.4 is 10.5 Å². The van der Waals surface area contributed by atoms with Crippen LogP contribution in [0.15, 0.2) is 60.7 Å². The van der Waals surface area contributed by atoms with Crippen molar-refractivity contribution >= 4 is 22.4 Å². The van der Waals surface area contributed by atoms with Crippen molar-refractivity contribution in [2.45, 2.75) is 13.2 Å². The van der Waals surface area contributed by atoms with Gasteiger partial charge in [0.2, 0.25) is 0 Å². The van der Waals surface area contributed by atoms with E-state index in [1.54, 1.807) is 0 Å². The second kappa shape index (κ2) is 6.17. The quantitative estimate of drug-likeness (QED) is 0.768. The lowest BCUT2D eigenvalue weighted by Gasteiger charge is -2.10. The van der Waals surface area contributed by atoms with Crippen LogP contribution in [0.1, 0.15) is 11.1 Å². The molecule has 0 fully saturated rings. The summed E-state index contributed by atoms with van der Waals surface area (Å²) in [6, 6.07) is 19.9. The molecule has 0 bridgehead atoms. The average Bonchev–Trinajstić information content (AvgIpc) is 2.55. The van der Waals surface area contributed by atoms with Gasteiger partial charge in [-0.2, -0.15) is 0 Å². The summed E-state index contributed by atoms with van der Waals surface area (Å²) in [4.78, 5) is 0. The van der Waals surface area contributed by atoms with E-state index in [9.17, 15) is 0 Å². The maximum Gasteiger partial charge on any atom is 0.127 e. The van der Waals surface area contributed by atoms with E-state index < -0.39 is 0 Å². The third-order valence-corrected chi connectivity index (χ3v) is 3.81. The van der Waals surface area contributed by atoms with Crippen LogP contribution in [-0.2, 0) is 13.2 Å². The molecule has 0 aliphatic carbocycles. The van der Waals surface area contributed by atoms with Crippen LogP contribution in [0.2, 0.25) is 5.02 Å². The monoisotopic (exact) mass is 297 g/mol. The number of fused-ring (bicyclic) bond motifs is 1. The molecule has 0 amide bonds. The van der Waals surface area contributed by atoms with Crippen molar-refractivity contribution in [3.63, 3.8) is 0 Å². The van der Waals surface area contributed by atoms with Crippen molar-refractivity contribution < 1.29 is 4.74 Å². The van der Waals surface area contributed by atoms with E-state index in [-0.39, 0.29) is 0 Å². The summed E-state index contributed by atoms with van der Waals surface area (Å²) in [7, 11) is 0. The van der Waals surface area contributed by atoms with Crippen LogP contribution in [0.3, 0.4) is 0 Å². The molecule has 0 atom stereocenters. The summed E-state index contributed by atoms with van der Waals surface area (Å²) in [5.74, 6) is 0.845. The first-order valence-electron chi connectivity index (χ1n) is 6.86. The molecule has 0 radical (unpaired) electrons. The largest absolute Gasteiger partial charge is 0.488 e. The van der Waals surface area contributed by atoms with Gasteiger partial charge in [-0.25, -0.2) is 0 Å². The molecule has 0 unspecified atom stereocenters. The van der Waals surface area contributed by atoms with E-state index in [4.69, 9.17) is 22.1 Å². The van der Waals surface area contributed by atoms with Gasteiger partial charge in [0.25, 0.3) is 0 Å². The molecule has 0 heterocycles. The summed E-state index contributed by atoms with van der Waals surface area (Å²) >= 11 is 6.21. The standard InChI is InChI=1S/C18H16ClNO/c19-17-9-10-18(16-4-2-1-3-15(16)17)21-12-14-7-5-13(11-20)6-8-14/h1-10H,11-12,20H2. The number of ether oxygens (including phenoxy) is 1. The molecule has 21 heavy (non-hydrogen) atoms. The van der Waals surface area contributed by atoms with Gasteiger partial charge in [-0.05, 0) is 23.3 Å². The molecule has 0 saturated carbocycles. The highest BCUT2D eigenvalue weighted by molar-refractivity contribution is 6.35. The zero-order valence-corrected chi connectivity index (χ0v) is 12.3. The minimum absolute atomic E-state index is 0.524. The van der Waals surface area contributed by atoms with Crippen molar-refractivity contribution in [2.24, 2.45) is 5.73 Å². The Balaban J connectivity index is 1.83. The highest BCUT2D eigenvalue weighted by Crippen LogP contribution is 2.31. The van der Waals surface area contributed by atoms with Crippen molar-refractivity contribution in [2.75, 3.05) is 0 Å². The Morgan fingerprint density at radius 3 is 2.19 bits per heavy atom. The molecule has 2 N–H and O–H groups in total. The minimum Gasteiger partial charge on any atom is -0.488 e. The lowest BCUT2D eigenvalue weighted by Crippen LogP contribution is -1.99. The second-order valence-electron chi connectivity index (χ2n) is 4.90. The van der Waals surface area contributed by atoms with Gasteiger partial charge in [0.05, 0.1) is 0 Å². The fraction of sp³-hybridized carbons (Fsp3) is 0.111. The van der Waals surface area contributed by atoms with E-state index in [0.717, 1.165) is 32.7 Å². The van der Waals surface area contributed by atoms with Crippen molar-refractivity contribution in [3.05, 3.63) is 76.8 Å². The van der Waals surface area contributed by atoms with Crippen LogP contribution in [0, 0.1) is 0 Å². The fourth-order valence-electron chi connectivity index (χ4n) is 2.29. The van der Waals surface area contributed by atoms with E-state index in [0.29, 0.717) is 13.2 Å². The first-order valence-corrected chi connectivity index (χ1v) is 7.23. The minimum atomic E-state index is 0.524. The fourth-order valence-corrected chi connectivity index (χ4v) is 2.52. The third-order valence-electron chi connectivity index (χ3n) is 3.48. The highest BCUT2D eigenvalue weighted by atomic mass is 35.5. The predicted molar refractivity (Wildman–Crippen MR) is 87.6 cm³/mol. The van der Waals surface area contributed by atoms with Gasteiger partial charge >= 0.3 is 0 Å². The van der Waals surface area contributed by atoms with Gasteiger partial charge in [0, 0.05) is 22.3 Å². The topological polar surface area (TPSA) is 35.2 Å². The number of nitrogens with two attached hydrogens (primary N) is 1. The first kappa shape index (κ1) is 13.9.